The number of methoxy groups -OCH3 is 2. The summed E-state index contributed by atoms with van der Waals surface area (Å²) in [6.45, 7) is 2.03. The summed E-state index contributed by atoms with van der Waals surface area (Å²) in [7, 11) is 3.35. The van der Waals surface area contributed by atoms with E-state index in [1.54, 1.807) is 14.2 Å². The van der Waals surface area contributed by atoms with Crippen LogP contribution in [0.5, 0.6) is 5.75 Å². The molecule has 2 rings (SSSR count). The molecule has 0 radical (unpaired) electrons. The molecule has 0 aromatic heterocycles. The highest BCUT2D eigenvalue weighted by Crippen LogP contribution is 2.34. The topological polar surface area (TPSA) is 44.5 Å². The van der Waals surface area contributed by atoms with Crippen molar-refractivity contribution in [2.75, 3.05) is 20.0 Å². The van der Waals surface area contributed by atoms with E-state index in [1.165, 1.54) is 0 Å². The van der Waals surface area contributed by atoms with Crippen molar-refractivity contribution in [2.45, 2.75) is 19.3 Å². The van der Waals surface area contributed by atoms with E-state index in [9.17, 15) is 0 Å². The van der Waals surface area contributed by atoms with Crippen LogP contribution in [-0.4, -0.2) is 14.2 Å². The summed E-state index contributed by atoms with van der Waals surface area (Å²) in [5, 5.41) is 0. The van der Waals surface area contributed by atoms with Gasteiger partial charge in [-0.2, -0.15) is 0 Å². The van der Waals surface area contributed by atoms with E-state index in [4.69, 9.17) is 15.2 Å². The lowest BCUT2D eigenvalue weighted by Crippen LogP contribution is -2.04. The van der Waals surface area contributed by atoms with Crippen LogP contribution in [-0.2, 0) is 4.74 Å². The van der Waals surface area contributed by atoms with Crippen molar-refractivity contribution in [2.24, 2.45) is 0 Å². The fraction of sp³-hybridized carbons (Fsp3) is 0.333. The van der Waals surface area contributed by atoms with Crippen LogP contribution >= 0.6 is 0 Å². The van der Waals surface area contributed by atoms with Gasteiger partial charge in [-0.3, -0.25) is 0 Å². The molecule has 0 heterocycles. The minimum atomic E-state index is 0.313. The highest BCUT2D eigenvalue weighted by atomic mass is 16.5. The van der Waals surface area contributed by atoms with Crippen LogP contribution in [0.25, 0.3) is 0 Å². The normalized spacial score (nSPS) is 18.4. The van der Waals surface area contributed by atoms with Crippen molar-refractivity contribution in [3.8, 4) is 5.75 Å². The maximum atomic E-state index is 6.10. The second-order valence-corrected chi connectivity index (χ2v) is 4.46. The van der Waals surface area contributed by atoms with Crippen molar-refractivity contribution < 1.29 is 9.47 Å². The molecule has 0 bridgehead atoms. The summed E-state index contributed by atoms with van der Waals surface area (Å²) >= 11 is 0. The van der Waals surface area contributed by atoms with Gasteiger partial charge in [0.05, 0.1) is 14.2 Å². The maximum absolute atomic E-state index is 6.10. The number of anilines is 1. The minimum Gasteiger partial charge on any atom is -0.497 e. The van der Waals surface area contributed by atoms with Gasteiger partial charge in [0.2, 0.25) is 0 Å². The van der Waals surface area contributed by atoms with E-state index < -0.39 is 0 Å². The number of aryl methyl sites for hydroxylation is 1. The molecule has 0 saturated carbocycles. The molecule has 3 nitrogen and oxygen atoms in total. The Labute approximate surface area is 108 Å². The van der Waals surface area contributed by atoms with Crippen LogP contribution in [0.3, 0.4) is 0 Å². The molecular weight excluding hydrogens is 226 g/mol. The van der Waals surface area contributed by atoms with Gasteiger partial charge in [-0.25, -0.2) is 0 Å². The molecular formula is C15H19NO2. The Hall–Kier alpha value is -1.90. The van der Waals surface area contributed by atoms with Crippen molar-refractivity contribution in [3.05, 3.63) is 47.2 Å². The van der Waals surface area contributed by atoms with Gasteiger partial charge in [0.15, 0.2) is 0 Å². The number of hydrogen-bond acceptors (Lipinski definition) is 3. The summed E-state index contributed by atoms with van der Waals surface area (Å²) < 4.78 is 10.5. The van der Waals surface area contributed by atoms with Gasteiger partial charge in [0, 0.05) is 17.7 Å². The first-order valence-electron chi connectivity index (χ1n) is 6.02. The fourth-order valence-electron chi connectivity index (χ4n) is 2.25. The Morgan fingerprint density at radius 1 is 1.22 bits per heavy atom. The molecule has 3 heteroatoms. The summed E-state index contributed by atoms with van der Waals surface area (Å²) in [6, 6.07) is 4.00. The van der Waals surface area contributed by atoms with Crippen LogP contribution in [0.15, 0.2) is 36.1 Å². The maximum Gasteiger partial charge on any atom is 0.123 e. The van der Waals surface area contributed by atoms with Crippen LogP contribution in [0.2, 0.25) is 0 Å². The summed E-state index contributed by atoms with van der Waals surface area (Å²) in [4.78, 5) is 0. The van der Waals surface area contributed by atoms with Gasteiger partial charge in [0.1, 0.15) is 11.5 Å². The Morgan fingerprint density at radius 3 is 2.56 bits per heavy atom. The van der Waals surface area contributed by atoms with Gasteiger partial charge in [-0.1, -0.05) is 6.08 Å². The lowest BCUT2D eigenvalue weighted by Gasteiger charge is -2.19. The Bertz CT molecular complexity index is 503. The molecule has 96 valence electrons. The molecule has 1 aromatic carbocycles. The molecule has 1 atom stereocenters. The third-order valence-corrected chi connectivity index (χ3v) is 3.30. The van der Waals surface area contributed by atoms with Gasteiger partial charge in [0.25, 0.3) is 0 Å². The van der Waals surface area contributed by atoms with Crippen LogP contribution < -0.4 is 10.5 Å². The van der Waals surface area contributed by atoms with Crippen LogP contribution in [0, 0.1) is 6.92 Å². The molecule has 1 aromatic rings. The van der Waals surface area contributed by atoms with E-state index in [0.717, 1.165) is 34.7 Å². The highest BCUT2D eigenvalue weighted by Gasteiger charge is 2.16. The number of hydrogen-bond donors (Lipinski definition) is 1. The number of nitrogen functional groups attached to an aromatic ring is 1. The average Bonchev–Trinajstić information content (AvgIpc) is 2.41. The van der Waals surface area contributed by atoms with Crippen molar-refractivity contribution in [1.82, 2.24) is 0 Å². The van der Waals surface area contributed by atoms with Crippen molar-refractivity contribution >= 4 is 5.69 Å². The molecule has 0 spiro atoms. The van der Waals surface area contributed by atoms with Crippen molar-refractivity contribution in [3.63, 3.8) is 0 Å². The standard InChI is InChI=1S/C15H19NO2/c1-10-8-13(14(16)9-15(10)18-3)11-4-6-12(17-2)7-5-11/h4,6-9,11H,5,16H2,1-3H3. The lowest BCUT2D eigenvalue weighted by atomic mass is 9.89. The molecule has 1 aliphatic rings. The van der Waals surface area contributed by atoms with E-state index in [0.29, 0.717) is 5.92 Å². The molecule has 1 unspecified atom stereocenters. The first-order valence-corrected chi connectivity index (χ1v) is 6.02. The largest absolute Gasteiger partial charge is 0.497 e. The van der Waals surface area contributed by atoms with E-state index in [1.807, 2.05) is 19.1 Å². The summed E-state index contributed by atoms with van der Waals surface area (Å²) in [6.07, 6.45) is 7.13. The van der Waals surface area contributed by atoms with Gasteiger partial charge >= 0.3 is 0 Å². The molecule has 18 heavy (non-hydrogen) atoms. The third-order valence-electron chi connectivity index (χ3n) is 3.30. The molecule has 1 aliphatic carbocycles. The van der Waals surface area contributed by atoms with E-state index >= 15 is 0 Å². The Kier molecular flexibility index (Phi) is 3.60. The zero-order valence-electron chi connectivity index (χ0n) is 11.1. The minimum absolute atomic E-state index is 0.313. The molecule has 2 N–H and O–H groups in total. The quantitative estimate of drug-likeness (QED) is 0.832. The summed E-state index contributed by atoms with van der Waals surface area (Å²) in [5.74, 6) is 2.06. The summed E-state index contributed by atoms with van der Waals surface area (Å²) in [5.41, 5.74) is 9.13. The molecule has 0 fully saturated rings. The van der Waals surface area contributed by atoms with Gasteiger partial charge in [-0.05, 0) is 42.7 Å². The van der Waals surface area contributed by atoms with E-state index in [2.05, 4.69) is 18.2 Å². The van der Waals surface area contributed by atoms with E-state index in [-0.39, 0.29) is 0 Å². The highest BCUT2D eigenvalue weighted by molar-refractivity contribution is 5.57. The van der Waals surface area contributed by atoms with Gasteiger partial charge in [-0.15, -0.1) is 0 Å². The monoisotopic (exact) mass is 245 g/mol. The second kappa shape index (κ2) is 5.17. The van der Waals surface area contributed by atoms with Crippen molar-refractivity contribution in [1.29, 1.82) is 0 Å². The van der Waals surface area contributed by atoms with Gasteiger partial charge < -0.3 is 15.2 Å². The average molecular weight is 245 g/mol. The third kappa shape index (κ3) is 2.35. The van der Waals surface area contributed by atoms with Crippen LogP contribution in [0.1, 0.15) is 23.5 Å². The Morgan fingerprint density at radius 2 is 2.00 bits per heavy atom. The first-order chi connectivity index (χ1) is 8.65. The fourth-order valence-corrected chi connectivity index (χ4v) is 2.25. The predicted octanol–water partition coefficient (Wildman–Crippen LogP) is 3.16. The zero-order valence-corrected chi connectivity index (χ0v) is 11.1. The number of ether oxygens (including phenoxy) is 2. The molecule has 0 saturated heterocycles. The SMILES string of the molecule is COC1=CCC(c2cc(C)c(OC)cc2N)C=C1. The number of allylic oxidation sites excluding steroid dienone is 3. The first kappa shape index (κ1) is 12.6. The number of nitrogens with two attached hydrogens (primary N) is 1. The smallest absolute Gasteiger partial charge is 0.123 e. The Balaban J connectivity index is 2.28. The lowest BCUT2D eigenvalue weighted by molar-refractivity contribution is 0.303. The predicted molar refractivity (Wildman–Crippen MR) is 73.7 cm³/mol. The zero-order chi connectivity index (χ0) is 13.1. The van der Waals surface area contributed by atoms with Crippen LogP contribution in [0.4, 0.5) is 5.69 Å². The number of benzene rings is 1. The molecule has 0 amide bonds. The number of rotatable bonds is 3. The molecule has 0 aliphatic heterocycles. The second-order valence-electron chi connectivity index (χ2n) is 4.46.